The van der Waals surface area contributed by atoms with E-state index >= 15 is 0 Å². The maximum Gasteiger partial charge on any atom is 0.407 e. The Kier molecular flexibility index (Phi) is 5.48. The molecule has 6 nitrogen and oxygen atoms in total. The van der Waals surface area contributed by atoms with Crippen LogP contribution in [0.4, 0.5) is 10.5 Å². The lowest BCUT2D eigenvalue weighted by atomic mass is 9.70. The third-order valence-corrected chi connectivity index (χ3v) is 11.0. The molecule has 1 fully saturated rings. The van der Waals surface area contributed by atoms with E-state index in [0.29, 0.717) is 24.8 Å². The van der Waals surface area contributed by atoms with E-state index in [9.17, 15) is 18.3 Å². The molecule has 0 radical (unpaired) electrons. The number of fused-ring (bicyclic) bond motifs is 1. The highest BCUT2D eigenvalue weighted by atomic mass is 79.9. The van der Waals surface area contributed by atoms with Crippen molar-refractivity contribution >= 4 is 46.0 Å². The van der Waals surface area contributed by atoms with Crippen LogP contribution in [0.25, 0.3) is 0 Å². The average Bonchev–Trinajstić information content (AvgIpc) is 2.90. The van der Waals surface area contributed by atoms with E-state index in [4.69, 9.17) is 0 Å². The fourth-order valence-electron chi connectivity index (χ4n) is 4.17. The summed E-state index contributed by atoms with van der Waals surface area (Å²) in [6.45, 7) is 11.4. The minimum absolute atomic E-state index is 0.0173. The molecule has 2 aliphatic rings. The summed E-state index contributed by atoms with van der Waals surface area (Å²) in [5, 5.41) is 9.19. The lowest BCUT2D eigenvalue weighted by molar-refractivity contribution is 0.00817. The second-order valence-corrected chi connectivity index (χ2v) is 17.9. The summed E-state index contributed by atoms with van der Waals surface area (Å²) >= 11 is 3.26. The van der Waals surface area contributed by atoms with Crippen LogP contribution < -0.4 is 3.33 Å². The quantitative estimate of drug-likeness (QED) is 0.369. The first-order chi connectivity index (χ1) is 12.9. The number of sulfonamides is 1. The minimum atomic E-state index is -3.46. The van der Waals surface area contributed by atoms with Crippen LogP contribution >= 0.6 is 16.1 Å². The van der Waals surface area contributed by atoms with Gasteiger partial charge < -0.3 is 10.0 Å². The lowest BCUT2D eigenvalue weighted by Gasteiger charge is -2.49. The molecule has 1 aliphatic carbocycles. The summed E-state index contributed by atoms with van der Waals surface area (Å²) in [4.78, 5) is 12.6. The summed E-state index contributed by atoms with van der Waals surface area (Å²) in [6.07, 6.45) is 1.76. The van der Waals surface area contributed by atoms with E-state index in [2.05, 4.69) is 42.4 Å². The van der Waals surface area contributed by atoms with Gasteiger partial charge in [-0.3, -0.25) is 0 Å². The van der Waals surface area contributed by atoms with Gasteiger partial charge in [0, 0.05) is 32.5 Å². The summed E-state index contributed by atoms with van der Waals surface area (Å²) in [7, 11) is -4.93. The second kappa shape index (κ2) is 7.18. The van der Waals surface area contributed by atoms with Gasteiger partial charge in [0.15, 0.2) is 0 Å². The summed E-state index contributed by atoms with van der Waals surface area (Å²) in [5.41, 5.74) is 2.60. The van der Waals surface area contributed by atoms with Crippen LogP contribution in [0.15, 0.2) is 30.9 Å². The molecule has 1 spiro atoms. The predicted molar refractivity (Wildman–Crippen MR) is 118 cm³/mol. The average molecular weight is 487 g/mol. The number of rotatable bonds is 6. The van der Waals surface area contributed by atoms with Crippen LogP contribution in [0.3, 0.4) is 0 Å². The number of hydrogen-bond acceptors (Lipinski definition) is 3. The Morgan fingerprint density at radius 3 is 2.61 bits per heavy atom. The standard InChI is InChI=1S/C19H27BrN2O4SSi/c1-5-17-16-10-15(22(20)27(25,26)8-9-28(2,3)4)7-6-14(16)11-19(17)12-21(13-19)18(23)24/h5-7,10,17H,1,8-9,11-13H2,2-4H3,(H,23,24). The normalized spacial score (nSPS) is 20.6. The lowest BCUT2D eigenvalue weighted by Crippen LogP contribution is -2.59. The van der Waals surface area contributed by atoms with Crippen molar-refractivity contribution in [3.63, 3.8) is 0 Å². The van der Waals surface area contributed by atoms with Crippen molar-refractivity contribution in [2.75, 3.05) is 22.2 Å². The number of halogens is 1. The van der Waals surface area contributed by atoms with E-state index in [1.165, 1.54) is 8.23 Å². The van der Waals surface area contributed by atoms with Crippen LogP contribution in [-0.4, -0.2) is 51.4 Å². The third kappa shape index (κ3) is 3.88. The molecule has 0 bridgehead atoms. The number of allylic oxidation sites excluding steroid dienone is 1. The van der Waals surface area contributed by atoms with Crippen LogP contribution in [0.5, 0.6) is 0 Å². The Morgan fingerprint density at radius 2 is 2.07 bits per heavy atom. The number of carbonyl (C=O) groups is 1. The van der Waals surface area contributed by atoms with E-state index in [1.807, 2.05) is 24.3 Å². The molecule has 1 heterocycles. The van der Waals surface area contributed by atoms with Gasteiger partial charge in [-0.2, -0.15) is 0 Å². The van der Waals surface area contributed by atoms with E-state index in [-0.39, 0.29) is 17.1 Å². The molecule has 1 aliphatic heterocycles. The summed E-state index contributed by atoms with van der Waals surface area (Å²) < 4.78 is 26.7. The van der Waals surface area contributed by atoms with Crippen molar-refractivity contribution in [2.45, 2.75) is 38.0 Å². The number of benzene rings is 1. The van der Waals surface area contributed by atoms with Gasteiger partial charge in [-0.1, -0.05) is 31.8 Å². The molecular weight excluding hydrogens is 460 g/mol. The van der Waals surface area contributed by atoms with Crippen molar-refractivity contribution in [1.82, 2.24) is 4.90 Å². The number of amides is 1. The Balaban J connectivity index is 1.83. The molecule has 3 rings (SSSR count). The Morgan fingerprint density at radius 1 is 1.43 bits per heavy atom. The molecule has 1 saturated heterocycles. The minimum Gasteiger partial charge on any atom is -0.465 e. The zero-order valence-corrected chi connectivity index (χ0v) is 19.9. The van der Waals surface area contributed by atoms with Gasteiger partial charge in [-0.25, -0.2) is 16.5 Å². The van der Waals surface area contributed by atoms with Crippen molar-refractivity contribution in [1.29, 1.82) is 0 Å². The highest BCUT2D eigenvalue weighted by molar-refractivity contribution is 9.11. The van der Waals surface area contributed by atoms with Crippen molar-refractivity contribution in [2.24, 2.45) is 5.41 Å². The topological polar surface area (TPSA) is 77.9 Å². The third-order valence-electron chi connectivity index (χ3n) is 5.74. The Bertz CT molecular complexity index is 907. The largest absolute Gasteiger partial charge is 0.465 e. The fraction of sp³-hybridized carbons (Fsp3) is 0.526. The highest BCUT2D eigenvalue weighted by Crippen LogP contribution is 2.54. The molecule has 0 saturated carbocycles. The van der Waals surface area contributed by atoms with E-state index < -0.39 is 24.2 Å². The maximum atomic E-state index is 12.8. The molecule has 9 heteroatoms. The van der Waals surface area contributed by atoms with Crippen LogP contribution in [0, 0.1) is 5.41 Å². The fourth-order valence-corrected chi connectivity index (χ4v) is 8.90. The first kappa shape index (κ1) is 21.4. The first-order valence-corrected chi connectivity index (χ1v) is 15.3. The molecule has 1 N–H and O–H groups in total. The van der Waals surface area contributed by atoms with E-state index in [1.54, 1.807) is 0 Å². The highest BCUT2D eigenvalue weighted by Gasteiger charge is 2.54. The maximum absolute atomic E-state index is 12.8. The molecule has 0 aromatic heterocycles. The smallest absolute Gasteiger partial charge is 0.407 e. The molecule has 28 heavy (non-hydrogen) atoms. The van der Waals surface area contributed by atoms with Crippen molar-refractivity contribution in [3.05, 3.63) is 42.0 Å². The van der Waals surface area contributed by atoms with Gasteiger partial charge in [0.05, 0.1) is 27.6 Å². The summed E-state index contributed by atoms with van der Waals surface area (Å²) in [5.74, 6) is 0.136. The number of hydrogen-bond donors (Lipinski definition) is 1. The van der Waals surface area contributed by atoms with Gasteiger partial charge in [0.1, 0.15) is 0 Å². The van der Waals surface area contributed by atoms with Crippen LogP contribution in [-0.2, 0) is 16.4 Å². The molecule has 1 aromatic carbocycles. The zero-order chi connectivity index (χ0) is 20.9. The number of nitrogens with zero attached hydrogens (tertiary/aromatic N) is 2. The monoisotopic (exact) mass is 486 g/mol. The van der Waals surface area contributed by atoms with Crippen molar-refractivity contribution in [3.8, 4) is 0 Å². The van der Waals surface area contributed by atoms with Crippen LogP contribution in [0.1, 0.15) is 17.0 Å². The van der Waals surface area contributed by atoms with Gasteiger partial charge >= 0.3 is 6.09 Å². The molecule has 1 aromatic rings. The molecular formula is C19H27BrN2O4SSi. The molecule has 1 amide bonds. The van der Waals surface area contributed by atoms with Gasteiger partial charge in [0.25, 0.3) is 0 Å². The molecule has 1 unspecified atom stereocenters. The van der Waals surface area contributed by atoms with Crippen molar-refractivity contribution < 1.29 is 18.3 Å². The van der Waals surface area contributed by atoms with Gasteiger partial charge in [0.2, 0.25) is 10.0 Å². The zero-order valence-electron chi connectivity index (χ0n) is 16.5. The van der Waals surface area contributed by atoms with Gasteiger partial charge in [-0.05, 0) is 35.7 Å². The van der Waals surface area contributed by atoms with Crippen LogP contribution in [0.2, 0.25) is 25.7 Å². The SMILES string of the molecule is C=CC1c2cc(N(Br)S(=O)(=O)CC[Si](C)(C)C)ccc2CC12CN(C(=O)O)C2. The number of carboxylic acid groups (broad SMARTS) is 1. The predicted octanol–water partition coefficient (Wildman–Crippen LogP) is 4.28. The number of likely N-dealkylation sites (tertiary alicyclic amines) is 1. The van der Waals surface area contributed by atoms with Gasteiger partial charge in [-0.15, -0.1) is 6.58 Å². The molecule has 154 valence electrons. The second-order valence-electron chi connectivity index (χ2n) is 9.12. The summed E-state index contributed by atoms with van der Waals surface area (Å²) in [6, 6.07) is 6.38. The Hall–Kier alpha value is -1.32. The van der Waals surface area contributed by atoms with E-state index in [0.717, 1.165) is 17.5 Å². The number of anilines is 1. The Labute approximate surface area is 176 Å². The molecule has 1 atom stereocenters. The first-order valence-electron chi connectivity index (χ1n) is 9.31.